The molecule has 0 radical (unpaired) electrons. The van der Waals surface area contributed by atoms with Gasteiger partial charge < -0.3 is 9.42 Å². The summed E-state index contributed by atoms with van der Waals surface area (Å²) in [5, 5.41) is 4.00. The molecule has 8 nitrogen and oxygen atoms in total. The maximum atomic E-state index is 12.7. The van der Waals surface area contributed by atoms with E-state index in [2.05, 4.69) is 31.9 Å². The second-order valence-corrected chi connectivity index (χ2v) is 6.71. The molecule has 3 rings (SSSR count). The Kier molecular flexibility index (Phi) is 5.92. The number of hydrogen-bond donors (Lipinski definition) is 0. The fraction of sp³-hybridized carbons (Fsp3) is 0.611. The Hall–Kier alpha value is -2.35. The number of carbonyl (C=O) groups excluding carboxylic acids is 1. The highest BCUT2D eigenvalue weighted by Gasteiger charge is 2.26. The van der Waals surface area contributed by atoms with E-state index < -0.39 is 0 Å². The van der Waals surface area contributed by atoms with Gasteiger partial charge in [-0.2, -0.15) is 4.98 Å². The van der Waals surface area contributed by atoms with Crippen LogP contribution < -0.4 is 0 Å². The largest absolute Gasteiger partial charge is 0.340 e. The van der Waals surface area contributed by atoms with E-state index >= 15 is 0 Å². The van der Waals surface area contributed by atoms with Gasteiger partial charge in [-0.25, -0.2) is 4.98 Å². The summed E-state index contributed by atoms with van der Waals surface area (Å²) >= 11 is 0. The lowest BCUT2D eigenvalue weighted by molar-refractivity contribution is 0.0749. The normalized spacial score (nSPS) is 18.2. The Morgan fingerprint density at radius 1 is 1.27 bits per heavy atom. The van der Waals surface area contributed by atoms with Crippen LogP contribution >= 0.6 is 0 Å². The van der Waals surface area contributed by atoms with E-state index in [1.807, 2.05) is 11.8 Å². The van der Waals surface area contributed by atoms with Crippen LogP contribution in [0.4, 0.5) is 0 Å². The molecule has 0 bridgehead atoms. The van der Waals surface area contributed by atoms with Crippen LogP contribution in [0.25, 0.3) is 0 Å². The molecule has 1 fully saturated rings. The third kappa shape index (κ3) is 4.43. The Morgan fingerprint density at radius 2 is 2.12 bits per heavy atom. The predicted molar refractivity (Wildman–Crippen MR) is 95.4 cm³/mol. The lowest BCUT2D eigenvalue weighted by Crippen LogP contribution is -2.37. The standard InChI is InChI=1S/C18H26N6O2/c1-4-23(12-17-21-14(3)26-22-17)15-6-5-8-24(9-7-15)18(25)16-11-19-13(2)10-20-16/h10-11,15H,4-9,12H2,1-3H3/t15-/m0/s1. The molecule has 1 amide bonds. The molecule has 0 spiro atoms. The summed E-state index contributed by atoms with van der Waals surface area (Å²) in [5.41, 5.74) is 1.23. The summed E-state index contributed by atoms with van der Waals surface area (Å²) in [6, 6.07) is 0.403. The Labute approximate surface area is 153 Å². The summed E-state index contributed by atoms with van der Waals surface area (Å²) in [7, 11) is 0. The molecule has 1 aliphatic rings. The van der Waals surface area contributed by atoms with Crippen molar-refractivity contribution in [3.8, 4) is 0 Å². The highest BCUT2D eigenvalue weighted by Crippen LogP contribution is 2.19. The first kappa shape index (κ1) is 18.4. The lowest BCUT2D eigenvalue weighted by Gasteiger charge is -2.28. The van der Waals surface area contributed by atoms with Gasteiger partial charge in [-0.15, -0.1) is 0 Å². The molecule has 1 saturated heterocycles. The van der Waals surface area contributed by atoms with E-state index in [0.717, 1.165) is 50.4 Å². The first-order chi connectivity index (χ1) is 12.6. The van der Waals surface area contributed by atoms with Crippen molar-refractivity contribution in [3.05, 3.63) is 35.5 Å². The third-order valence-corrected chi connectivity index (χ3v) is 4.82. The van der Waals surface area contributed by atoms with Gasteiger partial charge in [0.05, 0.1) is 18.4 Å². The van der Waals surface area contributed by atoms with Gasteiger partial charge >= 0.3 is 0 Å². The fourth-order valence-corrected chi connectivity index (χ4v) is 3.40. The number of hydrogen-bond acceptors (Lipinski definition) is 7. The average Bonchev–Trinajstić information content (AvgIpc) is 2.91. The molecule has 2 aromatic heterocycles. The van der Waals surface area contributed by atoms with Crippen LogP contribution in [-0.2, 0) is 6.54 Å². The number of nitrogens with zero attached hydrogens (tertiary/aromatic N) is 6. The molecule has 140 valence electrons. The highest BCUT2D eigenvalue weighted by molar-refractivity contribution is 5.92. The van der Waals surface area contributed by atoms with E-state index in [9.17, 15) is 4.79 Å². The summed E-state index contributed by atoms with van der Waals surface area (Å²) in [6.07, 6.45) is 6.15. The van der Waals surface area contributed by atoms with Crippen molar-refractivity contribution >= 4 is 5.91 Å². The Balaban J connectivity index is 1.61. The molecule has 0 N–H and O–H groups in total. The van der Waals surface area contributed by atoms with Crippen molar-refractivity contribution in [1.29, 1.82) is 0 Å². The topological polar surface area (TPSA) is 88.3 Å². The fourth-order valence-electron chi connectivity index (χ4n) is 3.40. The van der Waals surface area contributed by atoms with E-state index in [0.29, 0.717) is 24.2 Å². The number of likely N-dealkylation sites (tertiary alicyclic amines) is 1. The molecular formula is C18H26N6O2. The first-order valence-electron chi connectivity index (χ1n) is 9.18. The monoisotopic (exact) mass is 358 g/mol. The summed E-state index contributed by atoms with van der Waals surface area (Å²) in [4.78, 5) is 29.7. The van der Waals surface area contributed by atoms with Crippen LogP contribution in [0.3, 0.4) is 0 Å². The molecule has 3 heterocycles. The minimum absolute atomic E-state index is 0.0324. The van der Waals surface area contributed by atoms with Gasteiger partial charge in [0.15, 0.2) is 5.82 Å². The third-order valence-electron chi connectivity index (χ3n) is 4.82. The van der Waals surface area contributed by atoms with Crippen LogP contribution in [0.5, 0.6) is 0 Å². The zero-order valence-electron chi connectivity index (χ0n) is 15.7. The van der Waals surface area contributed by atoms with Gasteiger partial charge in [0.1, 0.15) is 5.69 Å². The quantitative estimate of drug-likeness (QED) is 0.807. The Morgan fingerprint density at radius 3 is 2.77 bits per heavy atom. The minimum Gasteiger partial charge on any atom is -0.340 e. The summed E-state index contributed by atoms with van der Waals surface area (Å²) in [5.74, 6) is 1.28. The van der Waals surface area contributed by atoms with Gasteiger partial charge in [-0.1, -0.05) is 12.1 Å². The van der Waals surface area contributed by atoms with Crippen molar-refractivity contribution < 1.29 is 9.32 Å². The molecule has 0 saturated carbocycles. The van der Waals surface area contributed by atoms with E-state index in [-0.39, 0.29) is 5.91 Å². The Bertz CT molecular complexity index is 730. The van der Waals surface area contributed by atoms with Crippen molar-refractivity contribution in [1.82, 2.24) is 29.9 Å². The van der Waals surface area contributed by atoms with Crippen LogP contribution in [0, 0.1) is 13.8 Å². The average molecular weight is 358 g/mol. The SMILES string of the molecule is CCN(Cc1noc(C)n1)[C@H]1CCCN(C(=O)c2cnc(C)cn2)CC1. The zero-order chi connectivity index (χ0) is 18.5. The first-order valence-corrected chi connectivity index (χ1v) is 9.18. The molecular weight excluding hydrogens is 332 g/mol. The second kappa shape index (κ2) is 8.35. The maximum absolute atomic E-state index is 12.7. The number of aromatic nitrogens is 4. The predicted octanol–water partition coefficient (Wildman–Crippen LogP) is 1.99. The van der Waals surface area contributed by atoms with Gasteiger partial charge in [0, 0.05) is 32.3 Å². The molecule has 2 aromatic rings. The minimum atomic E-state index is -0.0324. The number of amides is 1. The second-order valence-electron chi connectivity index (χ2n) is 6.71. The molecule has 0 aromatic carbocycles. The smallest absolute Gasteiger partial charge is 0.274 e. The zero-order valence-corrected chi connectivity index (χ0v) is 15.7. The van der Waals surface area contributed by atoms with Crippen molar-refractivity contribution in [3.63, 3.8) is 0 Å². The number of rotatable bonds is 5. The van der Waals surface area contributed by atoms with Gasteiger partial charge in [0.2, 0.25) is 5.89 Å². The molecule has 0 aliphatic carbocycles. The lowest BCUT2D eigenvalue weighted by atomic mass is 10.1. The van der Waals surface area contributed by atoms with Crippen LogP contribution in [-0.4, -0.2) is 61.5 Å². The van der Waals surface area contributed by atoms with Crippen molar-refractivity contribution in [2.24, 2.45) is 0 Å². The molecule has 8 heteroatoms. The van der Waals surface area contributed by atoms with E-state index in [1.165, 1.54) is 0 Å². The van der Waals surface area contributed by atoms with Crippen LogP contribution in [0.2, 0.25) is 0 Å². The summed E-state index contributed by atoms with van der Waals surface area (Å²) < 4.78 is 5.07. The number of carbonyl (C=O) groups is 1. The van der Waals surface area contributed by atoms with Gasteiger partial charge in [-0.3, -0.25) is 14.7 Å². The van der Waals surface area contributed by atoms with Crippen molar-refractivity contribution in [2.45, 2.75) is 52.6 Å². The molecule has 26 heavy (non-hydrogen) atoms. The van der Waals surface area contributed by atoms with E-state index in [4.69, 9.17) is 4.52 Å². The van der Waals surface area contributed by atoms with Crippen molar-refractivity contribution in [2.75, 3.05) is 19.6 Å². The highest BCUT2D eigenvalue weighted by atomic mass is 16.5. The summed E-state index contributed by atoms with van der Waals surface area (Å²) in [6.45, 7) is 8.87. The van der Waals surface area contributed by atoms with Gasteiger partial charge in [0.25, 0.3) is 5.91 Å². The van der Waals surface area contributed by atoms with Crippen LogP contribution in [0.1, 0.15) is 54.1 Å². The van der Waals surface area contributed by atoms with Crippen LogP contribution in [0.15, 0.2) is 16.9 Å². The number of aryl methyl sites for hydroxylation is 2. The molecule has 1 aliphatic heterocycles. The van der Waals surface area contributed by atoms with Gasteiger partial charge in [-0.05, 0) is 32.7 Å². The molecule has 0 unspecified atom stereocenters. The molecule has 1 atom stereocenters. The van der Waals surface area contributed by atoms with E-state index in [1.54, 1.807) is 19.3 Å². The maximum Gasteiger partial charge on any atom is 0.274 e.